The van der Waals surface area contributed by atoms with Crippen LogP contribution in [-0.2, 0) is 16.0 Å². The van der Waals surface area contributed by atoms with Crippen LogP contribution in [0.3, 0.4) is 0 Å². The first kappa shape index (κ1) is 19.7. The van der Waals surface area contributed by atoms with Crippen molar-refractivity contribution in [2.24, 2.45) is 5.73 Å². The molecule has 0 radical (unpaired) electrons. The van der Waals surface area contributed by atoms with Gasteiger partial charge in [0.25, 0.3) is 5.91 Å². The number of ether oxygens (including phenoxy) is 2. The quantitative estimate of drug-likeness (QED) is 0.613. The second-order valence-corrected chi connectivity index (χ2v) is 6.78. The molecule has 4 N–H and O–H groups in total. The third kappa shape index (κ3) is 5.72. The predicted molar refractivity (Wildman–Crippen MR) is 106 cm³/mol. The molecule has 0 aromatic heterocycles. The predicted octanol–water partition coefficient (Wildman–Crippen LogP) is 1.86. The van der Waals surface area contributed by atoms with E-state index in [1.54, 1.807) is 18.2 Å². The van der Waals surface area contributed by atoms with Crippen molar-refractivity contribution < 1.29 is 19.1 Å². The Kier molecular flexibility index (Phi) is 6.49. The molecule has 28 heavy (non-hydrogen) atoms. The fourth-order valence-electron chi connectivity index (χ4n) is 2.70. The number of rotatable bonds is 9. The van der Waals surface area contributed by atoms with Crippen LogP contribution in [0.2, 0.25) is 0 Å². The largest absolute Gasteiger partial charge is 0.493 e. The number of nitrogens with one attached hydrogen (secondary N) is 2. The molecule has 2 aromatic rings. The van der Waals surface area contributed by atoms with E-state index in [9.17, 15) is 9.59 Å². The molecular weight excluding hydrogens is 358 g/mol. The average molecular weight is 383 g/mol. The molecule has 148 valence electrons. The van der Waals surface area contributed by atoms with Crippen molar-refractivity contribution in [1.82, 2.24) is 5.32 Å². The lowest BCUT2D eigenvalue weighted by Crippen LogP contribution is -2.37. The van der Waals surface area contributed by atoms with Gasteiger partial charge < -0.3 is 25.8 Å². The van der Waals surface area contributed by atoms with Crippen LogP contribution >= 0.6 is 0 Å². The van der Waals surface area contributed by atoms with Crippen molar-refractivity contribution in [1.29, 1.82) is 0 Å². The fourth-order valence-corrected chi connectivity index (χ4v) is 2.70. The van der Waals surface area contributed by atoms with Crippen LogP contribution in [0.25, 0.3) is 0 Å². The van der Waals surface area contributed by atoms with Gasteiger partial charge in [0.1, 0.15) is 0 Å². The summed E-state index contributed by atoms with van der Waals surface area (Å²) in [5.41, 5.74) is 7.53. The zero-order valence-corrected chi connectivity index (χ0v) is 15.8. The molecule has 0 saturated heterocycles. The van der Waals surface area contributed by atoms with Gasteiger partial charge in [-0.3, -0.25) is 9.59 Å². The van der Waals surface area contributed by atoms with Crippen LogP contribution in [0.5, 0.6) is 11.5 Å². The highest BCUT2D eigenvalue weighted by Gasteiger charge is 2.23. The van der Waals surface area contributed by atoms with Crippen molar-refractivity contribution in [3.05, 3.63) is 54.1 Å². The van der Waals surface area contributed by atoms with Gasteiger partial charge in [-0.15, -0.1) is 0 Å². The van der Waals surface area contributed by atoms with Crippen LogP contribution in [0.4, 0.5) is 5.69 Å². The molecule has 0 heterocycles. The minimum atomic E-state index is -0.682. The number of benzene rings is 2. The summed E-state index contributed by atoms with van der Waals surface area (Å²) in [5.74, 6) is 0.379. The number of carbonyl (C=O) groups excluding carboxylic acids is 2. The molecule has 3 rings (SSSR count). The van der Waals surface area contributed by atoms with Gasteiger partial charge in [0.2, 0.25) is 5.91 Å². The minimum Gasteiger partial charge on any atom is -0.493 e. The van der Waals surface area contributed by atoms with E-state index in [0.717, 1.165) is 18.4 Å². The lowest BCUT2D eigenvalue weighted by Gasteiger charge is -2.15. The Morgan fingerprint density at radius 3 is 2.57 bits per heavy atom. The lowest BCUT2D eigenvalue weighted by molar-refractivity contribution is -0.123. The van der Waals surface area contributed by atoms with Crippen LogP contribution in [-0.4, -0.2) is 37.6 Å². The normalized spacial score (nSPS) is 14.1. The summed E-state index contributed by atoms with van der Waals surface area (Å²) in [5, 5.41) is 5.64. The molecule has 7 heteroatoms. The highest BCUT2D eigenvalue weighted by molar-refractivity contribution is 5.95. The van der Waals surface area contributed by atoms with Crippen molar-refractivity contribution >= 4 is 17.5 Å². The van der Waals surface area contributed by atoms with Gasteiger partial charge in [0.15, 0.2) is 18.1 Å². The van der Waals surface area contributed by atoms with E-state index in [2.05, 4.69) is 10.6 Å². The molecule has 0 unspecified atom stereocenters. The second kappa shape index (κ2) is 9.23. The van der Waals surface area contributed by atoms with Crippen LogP contribution in [0.1, 0.15) is 18.4 Å². The summed E-state index contributed by atoms with van der Waals surface area (Å²) >= 11 is 0. The Labute approximate surface area is 164 Å². The molecule has 0 bridgehead atoms. The topological polar surface area (TPSA) is 103 Å². The smallest absolute Gasteiger partial charge is 0.258 e. The van der Waals surface area contributed by atoms with E-state index in [-0.39, 0.29) is 24.5 Å². The van der Waals surface area contributed by atoms with Gasteiger partial charge in [-0.25, -0.2) is 0 Å². The molecule has 1 aliphatic rings. The van der Waals surface area contributed by atoms with Gasteiger partial charge in [-0.1, -0.05) is 30.3 Å². The van der Waals surface area contributed by atoms with Crippen LogP contribution in [0, 0.1) is 0 Å². The highest BCUT2D eigenvalue weighted by Crippen LogP contribution is 2.30. The molecule has 2 aromatic carbocycles. The summed E-state index contributed by atoms with van der Waals surface area (Å²) < 4.78 is 10.8. The van der Waals surface area contributed by atoms with E-state index < -0.39 is 6.04 Å². The Morgan fingerprint density at radius 2 is 1.89 bits per heavy atom. The third-order valence-corrected chi connectivity index (χ3v) is 4.37. The first-order valence-corrected chi connectivity index (χ1v) is 9.25. The van der Waals surface area contributed by atoms with Gasteiger partial charge in [0, 0.05) is 17.8 Å². The maximum absolute atomic E-state index is 12.4. The maximum Gasteiger partial charge on any atom is 0.258 e. The van der Waals surface area contributed by atoms with E-state index in [1.807, 2.05) is 30.3 Å². The van der Waals surface area contributed by atoms with Crippen molar-refractivity contribution in [3.63, 3.8) is 0 Å². The Hall–Kier alpha value is -3.06. The first-order chi connectivity index (χ1) is 13.5. The Balaban J connectivity index is 1.59. The maximum atomic E-state index is 12.4. The molecule has 1 aliphatic carbocycles. The molecule has 0 aliphatic heterocycles. The minimum absolute atomic E-state index is 0.113. The number of methoxy groups -OCH3 is 1. The molecular formula is C21H25N3O4. The molecule has 7 nitrogen and oxygen atoms in total. The number of carbonyl (C=O) groups is 2. The Morgan fingerprint density at radius 1 is 1.14 bits per heavy atom. The molecule has 1 atom stereocenters. The monoisotopic (exact) mass is 383 g/mol. The van der Waals surface area contributed by atoms with Gasteiger partial charge in [-0.2, -0.15) is 0 Å². The average Bonchev–Trinajstić information content (AvgIpc) is 3.51. The van der Waals surface area contributed by atoms with E-state index in [1.165, 1.54) is 7.11 Å². The van der Waals surface area contributed by atoms with E-state index >= 15 is 0 Å². The summed E-state index contributed by atoms with van der Waals surface area (Å²) in [6.07, 6.45) is 2.47. The van der Waals surface area contributed by atoms with Crippen molar-refractivity contribution in [2.45, 2.75) is 31.3 Å². The zero-order valence-electron chi connectivity index (χ0n) is 15.8. The number of nitrogens with two attached hydrogens (primary N) is 1. The summed E-state index contributed by atoms with van der Waals surface area (Å²) in [7, 11) is 1.51. The first-order valence-electron chi connectivity index (χ1n) is 9.25. The van der Waals surface area contributed by atoms with E-state index in [4.69, 9.17) is 15.2 Å². The number of hydrogen-bond donors (Lipinski definition) is 3. The Bertz CT molecular complexity index is 822. The number of amides is 2. The van der Waals surface area contributed by atoms with Gasteiger partial charge in [-0.05, 0) is 37.0 Å². The standard InChI is InChI=1S/C21H25N3O4/c1-27-18-10-9-16(12-19(18)28-13-20(25)23-15-7-8-15)24-21(26)17(22)11-14-5-3-2-4-6-14/h2-6,9-10,12,15,17H,7-8,11,13,22H2,1H3,(H,23,25)(H,24,26)/t17-/m0/s1. The number of hydrogen-bond acceptors (Lipinski definition) is 5. The third-order valence-electron chi connectivity index (χ3n) is 4.37. The fraction of sp³-hybridized carbons (Fsp3) is 0.333. The van der Waals surface area contributed by atoms with Crippen LogP contribution < -0.4 is 25.8 Å². The van der Waals surface area contributed by atoms with E-state index in [0.29, 0.717) is 23.6 Å². The zero-order chi connectivity index (χ0) is 19.9. The lowest BCUT2D eigenvalue weighted by atomic mass is 10.1. The molecule has 0 spiro atoms. The van der Waals surface area contributed by atoms with Crippen molar-refractivity contribution in [3.8, 4) is 11.5 Å². The SMILES string of the molecule is COc1ccc(NC(=O)[C@@H](N)Cc2ccccc2)cc1OCC(=O)NC1CC1. The van der Waals surface area contributed by atoms with Crippen LogP contribution in [0.15, 0.2) is 48.5 Å². The summed E-state index contributed by atoms with van der Waals surface area (Å²) in [6, 6.07) is 14.2. The van der Waals surface area contributed by atoms with Gasteiger partial charge >= 0.3 is 0 Å². The van der Waals surface area contributed by atoms with Gasteiger partial charge in [0.05, 0.1) is 13.2 Å². The molecule has 1 fully saturated rings. The highest BCUT2D eigenvalue weighted by atomic mass is 16.5. The van der Waals surface area contributed by atoms with Crippen molar-refractivity contribution in [2.75, 3.05) is 19.0 Å². The summed E-state index contributed by atoms with van der Waals surface area (Å²) in [4.78, 5) is 24.2. The molecule has 1 saturated carbocycles. The number of anilines is 1. The second-order valence-electron chi connectivity index (χ2n) is 6.78. The molecule has 2 amide bonds. The summed E-state index contributed by atoms with van der Waals surface area (Å²) in [6.45, 7) is -0.113.